The molecule has 6 heteroatoms. The van der Waals surface area contributed by atoms with Crippen LogP contribution in [0.3, 0.4) is 0 Å². The van der Waals surface area contributed by atoms with E-state index in [1.54, 1.807) is 0 Å². The second-order valence-corrected chi connectivity index (χ2v) is 0. The second-order valence-electron chi connectivity index (χ2n) is 0. The van der Waals surface area contributed by atoms with E-state index in [2.05, 4.69) is 23.7 Å². The van der Waals surface area contributed by atoms with Crippen LogP contribution >= 0.6 is 23.7 Å². The fourth-order valence-corrected chi connectivity index (χ4v) is 0. The zero-order chi connectivity index (χ0) is 4.00. The number of hydrogen-bond donors (Lipinski definition) is 2. The van der Waals surface area contributed by atoms with Crippen molar-refractivity contribution in [2.45, 2.75) is 0 Å². The summed E-state index contributed by atoms with van der Waals surface area (Å²) in [5.41, 5.74) is 0. The van der Waals surface area contributed by atoms with Gasteiger partial charge >= 0.3 is 67.3 Å². The molecule has 0 unspecified atom stereocenters. The molecule has 2 nitrogen and oxygen atoms in total. The molecule has 2 N–H and O–H groups in total. The average Bonchev–Trinajstić information content (AvgIpc) is 1.50. The molecular formula is H5CaCl2NaO2. The van der Waals surface area contributed by atoms with Crippen molar-refractivity contribution >= 4 is 61.5 Å². The first-order valence-corrected chi connectivity index (χ1v) is 1.01. The van der Waals surface area contributed by atoms with Gasteiger partial charge in [0.25, 0.3) is 0 Å². The van der Waals surface area contributed by atoms with Crippen LogP contribution in [0.5, 0.6) is 0 Å². The number of hydrogen-bond acceptors (Lipinski definition) is 2. The maximum atomic E-state index is 6.47. The monoisotopic (exact) mass is 170 g/mol. The molecule has 0 radical (unpaired) electrons. The van der Waals surface area contributed by atoms with Crippen molar-refractivity contribution in [2.24, 2.45) is 0 Å². The average molecular weight is 171 g/mol. The van der Waals surface area contributed by atoms with Crippen LogP contribution in [0.4, 0.5) is 0 Å². The Balaban J connectivity index is -0.00000000114. The zero-order valence-corrected chi connectivity index (χ0v) is 9.08. The van der Waals surface area contributed by atoms with Crippen molar-refractivity contribution in [1.29, 1.82) is 0 Å². The third-order valence-electron chi connectivity index (χ3n) is 0. The topological polar surface area (TPSA) is 40.5 Å². The fourth-order valence-electron chi connectivity index (χ4n) is 0. The molecule has 0 aliphatic heterocycles. The molecule has 0 saturated heterocycles. The van der Waals surface area contributed by atoms with E-state index in [-0.39, 0.29) is 71.6 Å². The third-order valence-corrected chi connectivity index (χ3v) is 0. The van der Waals surface area contributed by atoms with Crippen LogP contribution in [0.2, 0.25) is 0 Å². The molecule has 0 bridgehead atoms. The largest absolute Gasteiger partial charge is 2.00 e. The van der Waals surface area contributed by atoms with E-state index >= 15 is 0 Å². The minimum atomic E-state index is 0. The normalized spacial score (nSPS) is 2.00. The first-order chi connectivity index (χ1) is 2.00. The standard InChI is InChI=1S/Ca.2ClHO.Na.3H/c;2*1-2;;;;/h;2*2H;;;;/q+2;;;+1;3*-1. The van der Waals surface area contributed by atoms with Gasteiger partial charge in [0, 0.05) is 0 Å². The van der Waals surface area contributed by atoms with Gasteiger partial charge in [-0.2, -0.15) is 0 Å². The number of halogens is 2. The van der Waals surface area contributed by atoms with E-state index in [4.69, 9.17) is 9.32 Å². The minimum absolute atomic E-state index is 0. The van der Waals surface area contributed by atoms with E-state index in [0.29, 0.717) is 0 Å². The summed E-state index contributed by atoms with van der Waals surface area (Å²) in [6.45, 7) is 0. The van der Waals surface area contributed by atoms with Gasteiger partial charge in [-0.25, -0.2) is 0 Å². The maximum Gasteiger partial charge on any atom is 2.00 e. The predicted molar refractivity (Wildman–Crippen MR) is 25.2 cm³/mol. The van der Waals surface area contributed by atoms with Crippen molar-refractivity contribution in [2.75, 3.05) is 0 Å². The van der Waals surface area contributed by atoms with Crippen LogP contribution in [-0.4, -0.2) is 47.1 Å². The number of rotatable bonds is 0. The van der Waals surface area contributed by atoms with Gasteiger partial charge in [-0.3, -0.25) is 9.32 Å². The van der Waals surface area contributed by atoms with Crippen LogP contribution < -0.4 is 29.6 Å². The van der Waals surface area contributed by atoms with Crippen molar-refractivity contribution in [1.82, 2.24) is 0 Å². The molecule has 34 valence electrons. The quantitative estimate of drug-likeness (QED) is 0.387. The molecule has 0 aliphatic rings. The Labute approximate surface area is 103 Å². The Kier molecular flexibility index (Phi) is 181. The molecule has 0 aromatic carbocycles. The zero-order valence-electron chi connectivity index (χ0n) is 6.36. The minimum Gasteiger partial charge on any atom is -1.00 e. The Morgan fingerprint density at radius 1 is 1.00 bits per heavy atom. The van der Waals surface area contributed by atoms with Crippen LogP contribution in [-0.2, 0) is 0 Å². The molecule has 0 aromatic heterocycles. The van der Waals surface area contributed by atoms with Gasteiger partial charge in [0.2, 0.25) is 0 Å². The summed E-state index contributed by atoms with van der Waals surface area (Å²) in [4.78, 5) is 0. The van der Waals surface area contributed by atoms with E-state index in [1.165, 1.54) is 0 Å². The van der Waals surface area contributed by atoms with Gasteiger partial charge in [0.15, 0.2) is 0 Å². The molecule has 0 spiro atoms. The summed E-state index contributed by atoms with van der Waals surface area (Å²) in [6.07, 6.45) is 0. The van der Waals surface area contributed by atoms with E-state index < -0.39 is 0 Å². The summed E-state index contributed by atoms with van der Waals surface area (Å²) in [5.74, 6) is 0. The molecule has 6 heavy (non-hydrogen) atoms. The van der Waals surface area contributed by atoms with Gasteiger partial charge in [0.1, 0.15) is 0 Å². The molecule has 0 saturated carbocycles. The molecule has 0 atom stereocenters. The molecule has 0 amide bonds. The second kappa shape index (κ2) is 46.6. The molecular weight excluding hydrogens is 166 g/mol. The Morgan fingerprint density at radius 2 is 1.00 bits per heavy atom. The smallest absolute Gasteiger partial charge is 1.00 e. The Hall–Kier alpha value is 2.76. The molecule has 0 fully saturated rings. The summed E-state index contributed by atoms with van der Waals surface area (Å²) in [7, 11) is 0. The van der Waals surface area contributed by atoms with E-state index in [9.17, 15) is 0 Å². The molecule has 0 aromatic rings. The van der Waals surface area contributed by atoms with Crippen molar-refractivity contribution in [3.63, 3.8) is 0 Å². The Bertz CT molecular complexity index is 19.8. The van der Waals surface area contributed by atoms with Crippen LogP contribution in [0.25, 0.3) is 0 Å². The van der Waals surface area contributed by atoms with Gasteiger partial charge in [-0.15, -0.1) is 0 Å². The van der Waals surface area contributed by atoms with Gasteiger partial charge in [-0.1, -0.05) is 0 Å². The van der Waals surface area contributed by atoms with Gasteiger partial charge in [-0.05, 0) is 0 Å². The van der Waals surface area contributed by atoms with Crippen molar-refractivity contribution < 1.29 is 43.2 Å². The third kappa shape index (κ3) is 29.4. The predicted octanol–water partition coefficient (Wildman–Crippen LogP) is -2.77. The van der Waals surface area contributed by atoms with Gasteiger partial charge in [0.05, 0.1) is 23.7 Å². The van der Waals surface area contributed by atoms with Crippen molar-refractivity contribution in [3.05, 3.63) is 0 Å². The molecule has 0 heterocycles. The van der Waals surface area contributed by atoms with E-state index in [1.807, 2.05) is 0 Å². The summed E-state index contributed by atoms with van der Waals surface area (Å²) in [6, 6.07) is 0. The van der Waals surface area contributed by atoms with Crippen LogP contribution in [0, 0.1) is 0 Å². The molecule has 0 rings (SSSR count). The van der Waals surface area contributed by atoms with Crippen LogP contribution in [0.15, 0.2) is 0 Å². The van der Waals surface area contributed by atoms with Crippen LogP contribution in [0.1, 0.15) is 4.28 Å². The maximum absolute atomic E-state index is 6.47. The Morgan fingerprint density at radius 3 is 1.00 bits per heavy atom. The van der Waals surface area contributed by atoms with Gasteiger partial charge < -0.3 is 4.28 Å². The summed E-state index contributed by atoms with van der Waals surface area (Å²) < 4.78 is 12.9. The van der Waals surface area contributed by atoms with Crippen molar-refractivity contribution in [3.8, 4) is 0 Å². The van der Waals surface area contributed by atoms with E-state index in [0.717, 1.165) is 0 Å². The molecule has 0 aliphatic carbocycles. The summed E-state index contributed by atoms with van der Waals surface area (Å²) in [5, 5.41) is 0. The summed E-state index contributed by atoms with van der Waals surface area (Å²) >= 11 is 7.28. The first-order valence-electron chi connectivity index (χ1n) is 0.338. The SMILES string of the molecule is OCl.OCl.[Ca+2].[H-].[H-].[H-].[Na+]. The fraction of sp³-hybridized carbons (Fsp3) is 0. The first kappa shape index (κ1) is 23.3.